The molecule has 2 aromatic rings. The zero-order valence-electron chi connectivity index (χ0n) is 24.6. The maximum absolute atomic E-state index is 13.5. The van der Waals surface area contributed by atoms with Gasteiger partial charge in [-0.25, -0.2) is 19.4 Å². The highest BCUT2D eigenvalue weighted by molar-refractivity contribution is 7.99. The predicted octanol–water partition coefficient (Wildman–Crippen LogP) is 4.02. The van der Waals surface area contributed by atoms with Crippen LogP contribution in [-0.2, 0) is 11.2 Å². The van der Waals surface area contributed by atoms with Crippen molar-refractivity contribution in [3.63, 3.8) is 0 Å². The lowest BCUT2D eigenvalue weighted by Gasteiger charge is -2.33. The van der Waals surface area contributed by atoms with E-state index in [1.54, 1.807) is 40.3 Å². The van der Waals surface area contributed by atoms with E-state index in [9.17, 15) is 19.5 Å². The summed E-state index contributed by atoms with van der Waals surface area (Å²) in [7, 11) is 0. The number of carboxylic acids is 1. The van der Waals surface area contributed by atoms with Gasteiger partial charge in [0.1, 0.15) is 17.5 Å². The van der Waals surface area contributed by atoms with E-state index in [2.05, 4.69) is 10.3 Å². The number of nitrogens with one attached hydrogen (secondary N) is 1. The number of carbonyl (C=O) groups is 3. The average Bonchev–Trinajstić information content (AvgIpc) is 3.55. The lowest BCUT2D eigenvalue weighted by Crippen LogP contribution is -2.47. The number of likely N-dealkylation sites (tertiary alicyclic amines) is 1. The van der Waals surface area contributed by atoms with E-state index in [1.807, 2.05) is 42.3 Å². The number of hydrogen-bond acceptors (Lipinski definition) is 9. The SMILES string of the molecule is CCN(CC)c1ncc(N(CC)C(=O)N2CCSCC2)c(N[C@@H](Cc2ccc(OC(=O)N3CCCC3)cc2)C(=O)O)n1. The second-order valence-electron chi connectivity index (χ2n) is 10.1. The van der Waals surface area contributed by atoms with E-state index in [1.165, 1.54) is 0 Å². The number of carbonyl (C=O) groups excluding carboxylic acids is 2. The number of benzene rings is 1. The average molecular weight is 600 g/mol. The third-order valence-electron chi connectivity index (χ3n) is 7.46. The van der Waals surface area contributed by atoms with E-state index in [0.717, 1.165) is 29.9 Å². The van der Waals surface area contributed by atoms with E-state index in [4.69, 9.17) is 9.72 Å². The molecule has 2 aliphatic rings. The van der Waals surface area contributed by atoms with Crippen molar-refractivity contribution in [2.45, 2.75) is 46.1 Å². The van der Waals surface area contributed by atoms with Crippen LogP contribution in [-0.4, -0.2) is 106 Å². The number of amides is 3. The molecule has 228 valence electrons. The molecular weight excluding hydrogens is 558 g/mol. The van der Waals surface area contributed by atoms with Gasteiger partial charge in [0, 0.05) is 63.7 Å². The van der Waals surface area contributed by atoms with Gasteiger partial charge in [-0.3, -0.25) is 4.90 Å². The smallest absolute Gasteiger partial charge is 0.415 e. The summed E-state index contributed by atoms with van der Waals surface area (Å²) < 4.78 is 5.48. The number of rotatable bonds is 11. The molecule has 2 fully saturated rings. The highest BCUT2D eigenvalue weighted by atomic mass is 32.2. The van der Waals surface area contributed by atoms with Gasteiger partial charge < -0.3 is 29.9 Å². The number of ether oxygens (including phenoxy) is 1. The van der Waals surface area contributed by atoms with Crippen molar-refractivity contribution >= 4 is 47.3 Å². The first kappa shape index (κ1) is 31.2. The zero-order valence-corrected chi connectivity index (χ0v) is 25.4. The summed E-state index contributed by atoms with van der Waals surface area (Å²) in [5.41, 5.74) is 1.18. The Morgan fingerprint density at radius 3 is 2.26 bits per heavy atom. The molecule has 0 spiro atoms. The standard InChI is InChI=1S/C29H41N7O5S/c1-4-33(5-2)27-30-20-24(36(6-3)28(39)34-15-17-42-18-16-34)25(32-27)31-23(26(37)38)19-21-9-11-22(12-10-21)41-29(40)35-13-7-8-14-35/h9-12,20,23H,4-8,13-19H2,1-3H3,(H,37,38)(H,30,31,32)/t23-/m0/s1. The molecule has 3 heterocycles. The Labute approximate surface area is 251 Å². The van der Waals surface area contributed by atoms with Crippen molar-refractivity contribution in [2.75, 3.05) is 72.4 Å². The molecule has 0 radical (unpaired) electrons. The van der Waals surface area contributed by atoms with Crippen LogP contribution in [0.2, 0.25) is 0 Å². The van der Waals surface area contributed by atoms with Gasteiger partial charge in [-0.05, 0) is 51.3 Å². The Kier molecular flexibility index (Phi) is 11.1. The van der Waals surface area contributed by atoms with E-state index in [-0.39, 0.29) is 24.4 Å². The van der Waals surface area contributed by atoms with Crippen molar-refractivity contribution in [1.82, 2.24) is 19.8 Å². The maximum Gasteiger partial charge on any atom is 0.415 e. The number of aliphatic carboxylic acids is 1. The van der Waals surface area contributed by atoms with Gasteiger partial charge >= 0.3 is 18.1 Å². The Balaban J connectivity index is 1.56. The second-order valence-corrected chi connectivity index (χ2v) is 11.4. The lowest BCUT2D eigenvalue weighted by molar-refractivity contribution is -0.137. The first-order valence-electron chi connectivity index (χ1n) is 14.7. The van der Waals surface area contributed by atoms with Gasteiger partial charge in [0.25, 0.3) is 0 Å². The summed E-state index contributed by atoms with van der Waals surface area (Å²) in [5.74, 6) is 1.85. The first-order valence-corrected chi connectivity index (χ1v) is 15.8. The van der Waals surface area contributed by atoms with Gasteiger partial charge in [-0.1, -0.05) is 12.1 Å². The molecule has 2 aliphatic heterocycles. The summed E-state index contributed by atoms with van der Waals surface area (Å²) in [6.07, 6.45) is 3.33. The maximum atomic E-state index is 13.5. The molecule has 0 bridgehead atoms. The van der Waals surface area contributed by atoms with Crippen LogP contribution in [0.4, 0.5) is 27.0 Å². The Bertz CT molecular complexity index is 1220. The van der Waals surface area contributed by atoms with Crippen LogP contribution >= 0.6 is 11.8 Å². The minimum atomic E-state index is -1.06. The molecule has 3 amide bonds. The summed E-state index contributed by atoms with van der Waals surface area (Å²) in [5, 5.41) is 13.3. The van der Waals surface area contributed by atoms with Crippen LogP contribution in [0.15, 0.2) is 30.5 Å². The molecule has 0 aliphatic carbocycles. The van der Waals surface area contributed by atoms with Crippen LogP contribution in [0.25, 0.3) is 0 Å². The van der Waals surface area contributed by atoms with Gasteiger partial charge in [-0.2, -0.15) is 16.7 Å². The molecule has 1 atom stereocenters. The molecule has 12 nitrogen and oxygen atoms in total. The van der Waals surface area contributed by atoms with Crippen molar-refractivity contribution in [3.8, 4) is 5.75 Å². The van der Waals surface area contributed by atoms with Gasteiger partial charge in [0.05, 0.1) is 6.20 Å². The Morgan fingerprint density at radius 1 is 1.00 bits per heavy atom. The third kappa shape index (κ3) is 7.75. The summed E-state index contributed by atoms with van der Waals surface area (Å²) in [6.45, 7) is 10.3. The second kappa shape index (κ2) is 14.9. The summed E-state index contributed by atoms with van der Waals surface area (Å²) in [6, 6.07) is 5.66. The quantitative estimate of drug-likeness (QED) is 0.390. The molecule has 2 saturated heterocycles. The van der Waals surface area contributed by atoms with Crippen molar-refractivity contribution in [3.05, 3.63) is 36.0 Å². The largest absolute Gasteiger partial charge is 0.480 e. The molecule has 2 N–H and O–H groups in total. The Morgan fingerprint density at radius 2 is 1.67 bits per heavy atom. The fourth-order valence-electron chi connectivity index (χ4n) is 5.02. The van der Waals surface area contributed by atoms with Crippen molar-refractivity contribution in [1.29, 1.82) is 0 Å². The highest BCUT2D eigenvalue weighted by Crippen LogP contribution is 2.28. The minimum Gasteiger partial charge on any atom is -0.480 e. The number of carboxylic acid groups (broad SMARTS) is 1. The molecule has 1 aromatic heterocycles. The molecule has 42 heavy (non-hydrogen) atoms. The van der Waals surface area contributed by atoms with Crippen LogP contribution in [0.1, 0.15) is 39.2 Å². The van der Waals surface area contributed by atoms with E-state index in [0.29, 0.717) is 63.2 Å². The molecular formula is C29H41N7O5S. The fourth-order valence-corrected chi connectivity index (χ4v) is 5.93. The topological polar surface area (TPSA) is 131 Å². The first-order chi connectivity index (χ1) is 20.3. The normalized spacial score (nSPS) is 15.7. The number of thioether (sulfide) groups is 1. The van der Waals surface area contributed by atoms with Crippen LogP contribution in [0, 0.1) is 0 Å². The van der Waals surface area contributed by atoms with E-state index >= 15 is 0 Å². The predicted molar refractivity (Wildman–Crippen MR) is 165 cm³/mol. The fraction of sp³-hybridized carbons (Fsp3) is 0.552. The highest BCUT2D eigenvalue weighted by Gasteiger charge is 2.28. The lowest BCUT2D eigenvalue weighted by atomic mass is 10.1. The molecule has 1 aromatic carbocycles. The minimum absolute atomic E-state index is 0.142. The number of urea groups is 1. The summed E-state index contributed by atoms with van der Waals surface area (Å²) in [4.78, 5) is 54.6. The summed E-state index contributed by atoms with van der Waals surface area (Å²) >= 11 is 1.82. The third-order valence-corrected chi connectivity index (χ3v) is 8.41. The van der Waals surface area contributed by atoms with Gasteiger partial charge in [0.15, 0.2) is 5.82 Å². The Hall–Kier alpha value is -3.74. The molecule has 0 saturated carbocycles. The number of hydrogen-bond donors (Lipinski definition) is 2. The van der Waals surface area contributed by atoms with Crippen LogP contribution in [0.5, 0.6) is 5.75 Å². The molecule has 0 unspecified atom stereocenters. The molecule has 4 rings (SSSR count). The molecule has 13 heteroatoms. The monoisotopic (exact) mass is 599 g/mol. The van der Waals surface area contributed by atoms with E-state index < -0.39 is 12.0 Å². The van der Waals surface area contributed by atoms with Gasteiger partial charge in [0.2, 0.25) is 5.95 Å². The number of aromatic nitrogens is 2. The van der Waals surface area contributed by atoms with Crippen molar-refractivity contribution < 1.29 is 24.2 Å². The zero-order chi connectivity index (χ0) is 30.1. The number of nitrogens with zero attached hydrogens (tertiary/aromatic N) is 6. The van der Waals surface area contributed by atoms with Crippen LogP contribution in [0.3, 0.4) is 0 Å². The van der Waals surface area contributed by atoms with Crippen molar-refractivity contribution in [2.24, 2.45) is 0 Å². The van der Waals surface area contributed by atoms with Gasteiger partial charge in [-0.15, -0.1) is 0 Å². The number of anilines is 3. The van der Waals surface area contributed by atoms with Crippen LogP contribution < -0.4 is 19.9 Å².